The number of alkyl halides is 3. The predicted molar refractivity (Wildman–Crippen MR) is 105 cm³/mol. The van der Waals surface area contributed by atoms with Crippen molar-refractivity contribution in [2.24, 2.45) is 0 Å². The van der Waals surface area contributed by atoms with Gasteiger partial charge in [0.25, 0.3) is 5.91 Å². The summed E-state index contributed by atoms with van der Waals surface area (Å²) in [5, 5.41) is 2.53. The number of amides is 1. The lowest BCUT2D eigenvalue weighted by molar-refractivity contribution is -0.139. The molecule has 1 N–H and O–H groups in total. The van der Waals surface area contributed by atoms with Crippen LogP contribution in [0.3, 0.4) is 0 Å². The van der Waals surface area contributed by atoms with Gasteiger partial charge in [-0.15, -0.1) is 0 Å². The van der Waals surface area contributed by atoms with E-state index in [9.17, 15) is 26.4 Å². The predicted octanol–water partition coefficient (Wildman–Crippen LogP) is 2.42. The molecule has 1 saturated heterocycles. The molecule has 2 aromatic carbocycles. The molecule has 168 valence electrons. The van der Waals surface area contributed by atoms with Crippen molar-refractivity contribution in [2.75, 3.05) is 32.9 Å². The molecular weight excluding hydrogens is 437 g/mol. The molecule has 0 aliphatic carbocycles. The second-order valence-corrected chi connectivity index (χ2v) is 8.66. The first-order valence-electron chi connectivity index (χ1n) is 9.40. The van der Waals surface area contributed by atoms with Crippen LogP contribution < -0.4 is 10.1 Å². The molecule has 0 radical (unpaired) electrons. The largest absolute Gasteiger partial charge is 0.483 e. The summed E-state index contributed by atoms with van der Waals surface area (Å²) >= 11 is 0. The average Bonchev–Trinajstić information content (AvgIpc) is 2.76. The average molecular weight is 458 g/mol. The smallest absolute Gasteiger partial charge is 0.419 e. The molecule has 7 nitrogen and oxygen atoms in total. The Labute approximate surface area is 177 Å². The van der Waals surface area contributed by atoms with Gasteiger partial charge in [0.15, 0.2) is 6.61 Å². The molecule has 1 aliphatic heterocycles. The van der Waals surface area contributed by atoms with Crippen LogP contribution in [0.15, 0.2) is 53.4 Å². The monoisotopic (exact) mass is 458 g/mol. The van der Waals surface area contributed by atoms with Crippen molar-refractivity contribution < 1.29 is 35.9 Å². The minimum Gasteiger partial charge on any atom is -0.483 e. The van der Waals surface area contributed by atoms with E-state index in [-0.39, 0.29) is 24.5 Å². The van der Waals surface area contributed by atoms with Crippen LogP contribution in [0, 0.1) is 0 Å². The molecule has 0 spiro atoms. The topological polar surface area (TPSA) is 84.9 Å². The van der Waals surface area contributed by atoms with Gasteiger partial charge in [0.05, 0.1) is 23.7 Å². The van der Waals surface area contributed by atoms with Crippen LogP contribution in [0.5, 0.6) is 5.75 Å². The number of ether oxygens (including phenoxy) is 2. The zero-order valence-electron chi connectivity index (χ0n) is 16.4. The number of hydrogen-bond donors (Lipinski definition) is 1. The van der Waals surface area contributed by atoms with Gasteiger partial charge in [-0.1, -0.05) is 24.3 Å². The van der Waals surface area contributed by atoms with E-state index in [0.717, 1.165) is 12.1 Å². The SMILES string of the molecule is O=C(COc1ccccc1C(F)(F)F)NCc1ccc(S(=O)(=O)N2CCOCC2)cc1. The number of rotatable bonds is 7. The Bertz CT molecular complexity index is 1000. The summed E-state index contributed by atoms with van der Waals surface area (Å²) in [5.74, 6) is -1.04. The number of nitrogens with one attached hydrogen (secondary N) is 1. The number of carbonyl (C=O) groups is 1. The zero-order chi connectivity index (χ0) is 22.5. The van der Waals surface area contributed by atoms with Crippen molar-refractivity contribution in [1.82, 2.24) is 9.62 Å². The minimum atomic E-state index is -4.59. The van der Waals surface area contributed by atoms with Crippen LogP contribution >= 0.6 is 0 Å². The molecule has 1 heterocycles. The van der Waals surface area contributed by atoms with Crippen molar-refractivity contribution in [2.45, 2.75) is 17.6 Å². The highest BCUT2D eigenvalue weighted by molar-refractivity contribution is 7.89. The summed E-state index contributed by atoms with van der Waals surface area (Å²) in [6.07, 6.45) is -4.59. The molecule has 3 rings (SSSR count). The maximum Gasteiger partial charge on any atom is 0.419 e. The lowest BCUT2D eigenvalue weighted by Crippen LogP contribution is -2.40. The first-order valence-corrected chi connectivity index (χ1v) is 10.8. The number of benzene rings is 2. The lowest BCUT2D eigenvalue weighted by Gasteiger charge is -2.26. The van der Waals surface area contributed by atoms with Crippen molar-refractivity contribution in [1.29, 1.82) is 0 Å². The van der Waals surface area contributed by atoms with E-state index in [2.05, 4.69) is 5.32 Å². The third kappa shape index (κ3) is 5.96. The van der Waals surface area contributed by atoms with E-state index in [1.165, 1.54) is 28.6 Å². The fourth-order valence-electron chi connectivity index (χ4n) is 2.94. The number of morpholine rings is 1. The zero-order valence-corrected chi connectivity index (χ0v) is 17.2. The first-order chi connectivity index (χ1) is 14.7. The summed E-state index contributed by atoms with van der Waals surface area (Å²) in [6.45, 7) is 0.754. The number of hydrogen-bond acceptors (Lipinski definition) is 5. The van der Waals surface area contributed by atoms with Crippen LogP contribution in [0.25, 0.3) is 0 Å². The minimum absolute atomic E-state index is 0.0704. The summed E-state index contributed by atoms with van der Waals surface area (Å²) < 4.78 is 75.5. The van der Waals surface area contributed by atoms with Crippen LogP contribution in [-0.4, -0.2) is 51.5 Å². The number of nitrogens with zero attached hydrogens (tertiary/aromatic N) is 1. The molecule has 11 heteroatoms. The summed E-state index contributed by atoms with van der Waals surface area (Å²) in [4.78, 5) is 12.1. The van der Waals surface area contributed by atoms with E-state index < -0.39 is 40.0 Å². The molecule has 0 bridgehead atoms. The van der Waals surface area contributed by atoms with Crippen molar-refractivity contribution in [3.8, 4) is 5.75 Å². The maximum absolute atomic E-state index is 12.9. The van der Waals surface area contributed by atoms with E-state index >= 15 is 0 Å². The van der Waals surface area contributed by atoms with Gasteiger partial charge in [-0.05, 0) is 29.8 Å². The Kier molecular flexibility index (Phi) is 7.19. The number of sulfonamides is 1. The van der Waals surface area contributed by atoms with Gasteiger partial charge in [-0.2, -0.15) is 17.5 Å². The highest BCUT2D eigenvalue weighted by Gasteiger charge is 2.34. The standard InChI is InChI=1S/C20H21F3N2O5S/c21-20(22,23)17-3-1-2-4-18(17)30-14-19(26)24-13-15-5-7-16(8-6-15)31(27,28)25-9-11-29-12-10-25/h1-8H,9-14H2,(H,24,26). The number of para-hydroxylation sites is 1. The molecule has 1 amide bonds. The quantitative estimate of drug-likeness (QED) is 0.689. The van der Waals surface area contributed by atoms with Gasteiger partial charge in [-0.3, -0.25) is 4.79 Å². The van der Waals surface area contributed by atoms with Gasteiger partial charge in [0, 0.05) is 19.6 Å². The molecule has 0 unspecified atom stereocenters. The fraction of sp³-hybridized carbons (Fsp3) is 0.350. The summed E-state index contributed by atoms with van der Waals surface area (Å²) in [7, 11) is -3.61. The third-order valence-electron chi connectivity index (χ3n) is 4.57. The molecule has 2 aromatic rings. The highest BCUT2D eigenvalue weighted by atomic mass is 32.2. The Balaban J connectivity index is 1.53. The van der Waals surface area contributed by atoms with Crippen LogP contribution in [-0.2, 0) is 32.3 Å². The highest BCUT2D eigenvalue weighted by Crippen LogP contribution is 2.35. The molecule has 1 aliphatic rings. The van der Waals surface area contributed by atoms with Gasteiger partial charge < -0.3 is 14.8 Å². The third-order valence-corrected chi connectivity index (χ3v) is 6.48. The Morgan fingerprint density at radius 3 is 2.35 bits per heavy atom. The molecular formula is C20H21F3N2O5S. The summed E-state index contributed by atoms with van der Waals surface area (Å²) in [6, 6.07) is 10.7. The second-order valence-electron chi connectivity index (χ2n) is 6.72. The van der Waals surface area contributed by atoms with E-state index in [4.69, 9.17) is 9.47 Å². The van der Waals surface area contributed by atoms with Crippen LogP contribution in [0.1, 0.15) is 11.1 Å². The molecule has 0 saturated carbocycles. The molecule has 0 atom stereocenters. The van der Waals surface area contributed by atoms with Gasteiger partial charge in [0.1, 0.15) is 5.75 Å². The van der Waals surface area contributed by atoms with E-state index in [1.807, 2.05) is 0 Å². The van der Waals surface area contributed by atoms with Crippen LogP contribution in [0.2, 0.25) is 0 Å². The molecule has 1 fully saturated rings. The Hall–Kier alpha value is -2.63. The Morgan fingerprint density at radius 2 is 1.71 bits per heavy atom. The summed E-state index contributed by atoms with van der Waals surface area (Å²) in [5.41, 5.74) is -0.329. The Morgan fingerprint density at radius 1 is 1.06 bits per heavy atom. The van der Waals surface area contributed by atoms with Crippen molar-refractivity contribution in [3.05, 3.63) is 59.7 Å². The molecule has 0 aromatic heterocycles. The van der Waals surface area contributed by atoms with Gasteiger partial charge in [0.2, 0.25) is 10.0 Å². The normalized spacial score (nSPS) is 15.5. The maximum atomic E-state index is 12.9. The van der Waals surface area contributed by atoms with Gasteiger partial charge >= 0.3 is 6.18 Å². The second kappa shape index (κ2) is 9.67. The number of carbonyl (C=O) groups excluding carboxylic acids is 1. The van der Waals surface area contributed by atoms with E-state index in [1.54, 1.807) is 12.1 Å². The van der Waals surface area contributed by atoms with Crippen LogP contribution in [0.4, 0.5) is 13.2 Å². The van der Waals surface area contributed by atoms with E-state index in [0.29, 0.717) is 18.8 Å². The number of halogens is 3. The fourth-order valence-corrected chi connectivity index (χ4v) is 4.34. The first kappa shape index (κ1) is 23.0. The van der Waals surface area contributed by atoms with Crippen molar-refractivity contribution in [3.63, 3.8) is 0 Å². The lowest BCUT2D eigenvalue weighted by atomic mass is 10.2. The van der Waals surface area contributed by atoms with Crippen molar-refractivity contribution >= 4 is 15.9 Å². The molecule has 31 heavy (non-hydrogen) atoms. The van der Waals surface area contributed by atoms with Gasteiger partial charge in [-0.25, -0.2) is 8.42 Å².